The Hall–Kier alpha value is -3.07. The quantitative estimate of drug-likeness (QED) is 0.721. The van der Waals surface area contributed by atoms with Crippen LogP contribution in [0, 0.1) is 5.82 Å². The van der Waals surface area contributed by atoms with Crippen LogP contribution in [0.5, 0.6) is 0 Å². The highest BCUT2D eigenvalue weighted by molar-refractivity contribution is 8.18. The van der Waals surface area contributed by atoms with Crippen LogP contribution in [0.4, 0.5) is 20.8 Å². The Bertz CT molecular complexity index is 1010. The third-order valence-corrected chi connectivity index (χ3v) is 5.74. The number of amides is 3. The Labute approximate surface area is 176 Å². The minimum atomic E-state index is -0.588. The summed E-state index contributed by atoms with van der Waals surface area (Å²) in [5, 5.41) is 1.94. The molecule has 2 saturated heterocycles. The Morgan fingerprint density at radius 3 is 2.73 bits per heavy atom. The molecule has 1 aromatic carbocycles. The fourth-order valence-corrected chi connectivity index (χ4v) is 4.20. The summed E-state index contributed by atoms with van der Waals surface area (Å²) in [5.74, 6) is -0.422. The van der Waals surface area contributed by atoms with E-state index in [1.165, 1.54) is 30.7 Å². The summed E-state index contributed by atoms with van der Waals surface area (Å²) in [6.45, 7) is 1.42. The smallest absolute Gasteiger partial charge is 0.294 e. The van der Waals surface area contributed by atoms with Crippen molar-refractivity contribution in [2.45, 2.75) is 19.3 Å². The van der Waals surface area contributed by atoms with Gasteiger partial charge in [0, 0.05) is 30.9 Å². The van der Waals surface area contributed by atoms with Crippen LogP contribution in [0.1, 0.15) is 25.0 Å². The zero-order valence-corrected chi connectivity index (χ0v) is 16.9. The van der Waals surface area contributed by atoms with Gasteiger partial charge in [0.05, 0.1) is 4.91 Å². The molecule has 7 nitrogen and oxygen atoms in total. The van der Waals surface area contributed by atoms with Crippen molar-refractivity contribution in [3.05, 3.63) is 52.9 Å². The average molecular weight is 429 g/mol. The highest BCUT2D eigenvalue weighted by Gasteiger charge is 2.36. The number of nitrogens with zero attached hydrogens (tertiary/aromatic N) is 2. The molecule has 2 aliphatic rings. The molecule has 30 heavy (non-hydrogen) atoms. The summed E-state index contributed by atoms with van der Waals surface area (Å²) in [7, 11) is 0. The van der Waals surface area contributed by atoms with Gasteiger partial charge in [-0.1, -0.05) is 6.07 Å². The van der Waals surface area contributed by atoms with Crippen molar-refractivity contribution in [2.24, 2.45) is 0 Å². The topological polar surface area (TPSA) is 82.9 Å². The predicted octanol–water partition coefficient (Wildman–Crippen LogP) is 4.08. The first kappa shape index (κ1) is 20.2. The van der Waals surface area contributed by atoms with Gasteiger partial charge in [0.25, 0.3) is 11.1 Å². The fraction of sp³-hybridized carbons (Fsp3) is 0.286. The number of thioether (sulfide) groups is 1. The minimum absolute atomic E-state index is 0.193. The standard InChI is InChI=1S/C21H20FN3O4S/c22-14-5-4-6-15(11-14)23-18(26)13-25-20(27)17(30-21(25)28)12-16-7-8-19(29-16)24-9-2-1-3-10-24/h4-8,11-12H,1-3,9-10,13H2,(H,23,26)/b17-12+. The second-order valence-electron chi connectivity index (χ2n) is 7.05. The Morgan fingerprint density at radius 2 is 1.97 bits per heavy atom. The first-order chi connectivity index (χ1) is 14.5. The number of hydrogen-bond donors (Lipinski definition) is 1. The molecular formula is C21H20FN3O4S. The number of benzene rings is 1. The van der Waals surface area contributed by atoms with E-state index < -0.39 is 29.4 Å². The summed E-state index contributed by atoms with van der Waals surface area (Å²) < 4.78 is 19.0. The van der Waals surface area contributed by atoms with Gasteiger partial charge < -0.3 is 14.6 Å². The summed E-state index contributed by atoms with van der Waals surface area (Å²) in [6.07, 6.45) is 4.96. The van der Waals surface area contributed by atoms with E-state index in [-0.39, 0.29) is 10.6 Å². The van der Waals surface area contributed by atoms with Crippen molar-refractivity contribution < 1.29 is 23.2 Å². The minimum Gasteiger partial charge on any atom is -0.441 e. The molecule has 0 aliphatic carbocycles. The molecule has 0 unspecified atom stereocenters. The number of halogens is 1. The fourth-order valence-electron chi connectivity index (χ4n) is 3.38. The first-order valence-corrected chi connectivity index (χ1v) is 10.5. The number of piperidine rings is 1. The Morgan fingerprint density at radius 1 is 1.17 bits per heavy atom. The van der Waals surface area contributed by atoms with Crippen LogP contribution in [0.3, 0.4) is 0 Å². The number of hydrogen-bond acceptors (Lipinski definition) is 6. The van der Waals surface area contributed by atoms with Gasteiger partial charge in [0.2, 0.25) is 5.91 Å². The van der Waals surface area contributed by atoms with E-state index in [0.717, 1.165) is 54.5 Å². The van der Waals surface area contributed by atoms with E-state index in [1.54, 1.807) is 6.07 Å². The molecule has 2 fully saturated rings. The third kappa shape index (κ3) is 4.56. The predicted molar refractivity (Wildman–Crippen MR) is 112 cm³/mol. The van der Waals surface area contributed by atoms with E-state index in [9.17, 15) is 18.8 Å². The van der Waals surface area contributed by atoms with Crippen molar-refractivity contribution >= 4 is 46.5 Å². The molecule has 9 heteroatoms. The monoisotopic (exact) mass is 429 g/mol. The SMILES string of the molecule is O=C(CN1C(=O)S/C(=C/c2ccc(N3CCCCC3)o2)C1=O)Nc1cccc(F)c1. The van der Waals surface area contributed by atoms with Gasteiger partial charge in [-0.3, -0.25) is 19.3 Å². The molecule has 3 amide bonds. The van der Waals surface area contributed by atoms with Crippen molar-refractivity contribution in [3.63, 3.8) is 0 Å². The van der Waals surface area contributed by atoms with Gasteiger partial charge >= 0.3 is 0 Å². The normalized spacial score (nSPS) is 18.4. The molecule has 156 valence electrons. The van der Waals surface area contributed by atoms with Gasteiger partial charge in [-0.25, -0.2) is 4.39 Å². The number of anilines is 2. The maximum atomic E-state index is 13.2. The van der Waals surface area contributed by atoms with Crippen LogP contribution in [0.15, 0.2) is 45.7 Å². The van der Waals surface area contributed by atoms with Crippen molar-refractivity contribution in [2.75, 3.05) is 29.9 Å². The Balaban J connectivity index is 1.41. The lowest BCUT2D eigenvalue weighted by atomic mass is 10.1. The van der Waals surface area contributed by atoms with E-state index in [4.69, 9.17) is 4.42 Å². The molecule has 0 spiro atoms. The molecule has 0 bridgehead atoms. The number of nitrogens with one attached hydrogen (secondary N) is 1. The van der Waals surface area contributed by atoms with Gasteiger partial charge in [0.15, 0.2) is 5.88 Å². The number of furan rings is 1. The molecule has 0 radical (unpaired) electrons. The number of rotatable bonds is 5. The van der Waals surface area contributed by atoms with Crippen LogP contribution in [-0.2, 0) is 9.59 Å². The molecule has 3 heterocycles. The zero-order valence-electron chi connectivity index (χ0n) is 16.1. The largest absolute Gasteiger partial charge is 0.441 e. The van der Waals surface area contributed by atoms with Crippen LogP contribution in [0.25, 0.3) is 6.08 Å². The van der Waals surface area contributed by atoms with Crippen LogP contribution < -0.4 is 10.2 Å². The lowest BCUT2D eigenvalue weighted by molar-refractivity contribution is -0.127. The summed E-state index contributed by atoms with van der Waals surface area (Å²) in [4.78, 5) is 40.2. The molecular weight excluding hydrogens is 409 g/mol. The second kappa shape index (κ2) is 8.74. The van der Waals surface area contributed by atoms with Gasteiger partial charge in [0.1, 0.15) is 18.1 Å². The molecule has 0 saturated carbocycles. The highest BCUT2D eigenvalue weighted by Crippen LogP contribution is 2.33. The van der Waals surface area contributed by atoms with Crippen molar-refractivity contribution in [3.8, 4) is 0 Å². The molecule has 2 aromatic rings. The molecule has 1 N–H and O–H groups in total. The van der Waals surface area contributed by atoms with Crippen molar-refractivity contribution in [1.82, 2.24) is 4.90 Å². The maximum Gasteiger partial charge on any atom is 0.294 e. The molecule has 1 aromatic heterocycles. The third-order valence-electron chi connectivity index (χ3n) is 4.84. The first-order valence-electron chi connectivity index (χ1n) is 9.65. The maximum absolute atomic E-state index is 13.2. The van der Waals surface area contributed by atoms with Gasteiger partial charge in [-0.05, 0) is 55.3 Å². The van der Waals surface area contributed by atoms with E-state index in [1.807, 2.05) is 6.07 Å². The number of carbonyl (C=O) groups excluding carboxylic acids is 3. The lowest BCUT2D eigenvalue weighted by Gasteiger charge is -2.25. The highest BCUT2D eigenvalue weighted by atomic mass is 32.2. The van der Waals surface area contributed by atoms with Crippen LogP contribution in [-0.4, -0.2) is 41.6 Å². The molecule has 2 aliphatic heterocycles. The average Bonchev–Trinajstić information content (AvgIpc) is 3.29. The molecule has 4 rings (SSSR count). The van der Waals surface area contributed by atoms with Gasteiger partial charge in [-0.2, -0.15) is 0 Å². The Kier molecular flexibility index (Phi) is 5.89. The van der Waals surface area contributed by atoms with Gasteiger partial charge in [-0.15, -0.1) is 0 Å². The molecule has 0 atom stereocenters. The number of imide groups is 1. The summed E-state index contributed by atoms with van der Waals surface area (Å²) in [6, 6.07) is 8.99. The summed E-state index contributed by atoms with van der Waals surface area (Å²) in [5.41, 5.74) is 0.253. The second-order valence-corrected chi connectivity index (χ2v) is 8.04. The lowest BCUT2D eigenvalue weighted by Crippen LogP contribution is -2.36. The van der Waals surface area contributed by atoms with E-state index >= 15 is 0 Å². The van der Waals surface area contributed by atoms with Crippen LogP contribution in [0.2, 0.25) is 0 Å². The van der Waals surface area contributed by atoms with E-state index in [0.29, 0.717) is 5.76 Å². The van der Waals surface area contributed by atoms with Crippen molar-refractivity contribution in [1.29, 1.82) is 0 Å². The van der Waals surface area contributed by atoms with Crippen LogP contribution >= 0.6 is 11.8 Å². The van der Waals surface area contributed by atoms with E-state index in [2.05, 4.69) is 10.2 Å². The zero-order chi connectivity index (χ0) is 21.1. The number of carbonyl (C=O) groups is 3. The summed E-state index contributed by atoms with van der Waals surface area (Å²) >= 11 is 0.757.